The highest BCUT2D eigenvalue weighted by Gasteiger charge is 2.26. The lowest BCUT2D eigenvalue weighted by atomic mass is 9.93. The molecule has 2 heterocycles. The first-order chi connectivity index (χ1) is 13.3. The second kappa shape index (κ2) is 6.89. The minimum absolute atomic E-state index is 0.0548. The first kappa shape index (κ1) is 18.4. The van der Waals surface area contributed by atoms with E-state index in [0.29, 0.717) is 13.2 Å². The lowest BCUT2D eigenvalue weighted by Crippen LogP contribution is -2.41. The molecule has 0 saturated carbocycles. The molecule has 2 aromatic carbocycles. The Hall–Kier alpha value is -2.95. The average molecular weight is 379 g/mol. The van der Waals surface area contributed by atoms with Gasteiger partial charge in [0.25, 0.3) is 0 Å². The van der Waals surface area contributed by atoms with Crippen LogP contribution in [0.15, 0.2) is 41.0 Å². The maximum Gasteiger partial charge on any atom is 0.225 e. The first-order valence-corrected chi connectivity index (χ1v) is 9.52. The van der Waals surface area contributed by atoms with Gasteiger partial charge in [0.2, 0.25) is 5.91 Å². The van der Waals surface area contributed by atoms with Crippen molar-refractivity contribution >= 4 is 16.9 Å². The zero-order valence-corrected chi connectivity index (χ0v) is 16.7. The Labute approximate surface area is 164 Å². The first-order valence-electron chi connectivity index (χ1n) is 9.52. The fraction of sp³-hybridized carbons (Fsp3) is 0.348. The van der Waals surface area contributed by atoms with Crippen molar-refractivity contribution in [2.24, 2.45) is 0 Å². The fourth-order valence-corrected chi connectivity index (χ4v) is 3.54. The number of fused-ring (bicyclic) bond motifs is 2. The number of rotatable bonds is 4. The van der Waals surface area contributed by atoms with E-state index in [1.165, 1.54) is 11.1 Å². The molecule has 146 valence electrons. The molecule has 0 aliphatic carbocycles. The van der Waals surface area contributed by atoms with E-state index in [1.54, 1.807) is 6.26 Å². The second-order valence-corrected chi connectivity index (χ2v) is 7.90. The number of carbonyl (C=O) groups is 1. The van der Waals surface area contributed by atoms with Gasteiger partial charge in [-0.15, -0.1) is 0 Å². The Balaban J connectivity index is 1.52. The number of hydrogen-bond acceptors (Lipinski definition) is 4. The number of benzene rings is 2. The van der Waals surface area contributed by atoms with E-state index < -0.39 is 5.54 Å². The zero-order chi connectivity index (χ0) is 19.9. The smallest absolute Gasteiger partial charge is 0.225 e. The molecule has 0 bridgehead atoms. The molecule has 0 unspecified atom stereocenters. The number of hydrogen-bond donors (Lipinski definition) is 1. The van der Waals surface area contributed by atoms with Gasteiger partial charge in [0, 0.05) is 10.9 Å². The van der Waals surface area contributed by atoms with Crippen LogP contribution >= 0.6 is 0 Å². The van der Waals surface area contributed by atoms with Gasteiger partial charge in [0.15, 0.2) is 11.5 Å². The maximum atomic E-state index is 12.8. The van der Waals surface area contributed by atoms with Gasteiger partial charge in [0.05, 0.1) is 18.2 Å². The molecule has 1 aliphatic rings. The topological polar surface area (TPSA) is 60.7 Å². The summed E-state index contributed by atoms with van der Waals surface area (Å²) in [6, 6.07) is 9.90. The largest absolute Gasteiger partial charge is 0.486 e. The molecule has 5 nitrogen and oxygen atoms in total. The summed E-state index contributed by atoms with van der Waals surface area (Å²) in [5.74, 6) is 1.41. The molecule has 1 N–H and O–H groups in total. The Kier molecular flexibility index (Phi) is 4.53. The quantitative estimate of drug-likeness (QED) is 0.729. The van der Waals surface area contributed by atoms with Gasteiger partial charge < -0.3 is 19.2 Å². The molecule has 3 aromatic rings. The summed E-state index contributed by atoms with van der Waals surface area (Å²) in [7, 11) is 0. The summed E-state index contributed by atoms with van der Waals surface area (Å²) in [6.07, 6.45) is 1.95. The number of nitrogens with one attached hydrogen (secondary N) is 1. The van der Waals surface area contributed by atoms with Crippen molar-refractivity contribution in [3.05, 3.63) is 58.8 Å². The molecular formula is C23H25NO4. The summed E-state index contributed by atoms with van der Waals surface area (Å²) in [5.41, 5.74) is 4.50. The highest BCUT2D eigenvalue weighted by molar-refractivity contribution is 5.88. The summed E-state index contributed by atoms with van der Waals surface area (Å²) in [6.45, 7) is 9.19. The molecular weight excluding hydrogens is 354 g/mol. The van der Waals surface area contributed by atoms with Crippen LogP contribution in [0.2, 0.25) is 0 Å². The number of ether oxygens (including phenoxy) is 2. The van der Waals surface area contributed by atoms with Crippen molar-refractivity contribution in [1.82, 2.24) is 5.32 Å². The van der Waals surface area contributed by atoms with Gasteiger partial charge in [-0.05, 0) is 68.7 Å². The monoisotopic (exact) mass is 379 g/mol. The molecule has 0 saturated heterocycles. The molecule has 0 atom stereocenters. The molecule has 28 heavy (non-hydrogen) atoms. The van der Waals surface area contributed by atoms with E-state index >= 15 is 0 Å². The number of amides is 1. The van der Waals surface area contributed by atoms with E-state index in [4.69, 9.17) is 13.9 Å². The Morgan fingerprint density at radius 3 is 2.54 bits per heavy atom. The molecule has 1 aromatic heterocycles. The molecule has 0 radical (unpaired) electrons. The Morgan fingerprint density at radius 1 is 1.04 bits per heavy atom. The second-order valence-electron chi connectivity index (χ2n) is 7.90. The van der Waals surface area contributed by atoms with E-state index in [0.717, 1.165) is 33.6 Å². The molecule has 0 fully saturated rings. The van der Waals surface area contributed by atoms with Crippen molar-refractivity contribution in [2.45, 2.75) is 39.7 Å². The third kappa shape index (κ3) is 3.44. The zero-order valence-electron chi connectivity index (χ0n) is 16.7. The lowest BCUT2D eigenvalue weighted by Gasteiger charge is -2.28. The summed E-state index contributed by atoms with van der Waals surface area (Å²) in [4.78, 5) is 12.8. The van der Waals surface area contributed by atoms with Gasteiger partial charge in [-0.2, -0.15) is 0 Å². The lowest BCUT2D eigenvalue weighted by molar-refractivity contribution is -0.122. The van der Waals surface area contributed by atoms with Crippen LogP contribution in [0.4, 0.5) is 0 Å². The average Bonchev–Trinajstić information content (AvgIpc) is 3.02. The summed E-state index contributed by atoms with van der Waals surface area (Å²) < 4.78 is 16.9. The minimum Gasteiger partial charge on any atom is -0.486 e. The molecule has 1 aliphatic heterocycles. The van der Waals surface area contributed by atoms with Gasteiger partial charge in [-0.3, -0.25) is 4.79 Å². The number of furan rings is 1. The molecule has 5 heteroatoms. The van der Waals surface area contributed by atoms with E-state index in [9.17, 15) is 4.79 Å². The third-order valence-corrected chi connectivity index (χ3v) is 5.34. The van der Waals surface area contributed by atoms with Crippen molar-refractivity contribution in [1.29, 1.82) is 0 Å². The standard InChI is InChI=1S/C23H25NO4/c1-14-9-18-16(13-28-20(18)10-15(14)2)11-22(25)24-23(3,4)17-5-6-19-21(12-17)27-8-7-26-19/h5-6,9-10,12-13H,7-8,11H2,1-4H3,(H,24,25). The number of carbonyl (C=O) groups excluding carboxylic acids is 1. The van der Waals surface area contributed by atoms with Crippen LogP contribution < -0.4 is 14.8 Å². The predicted molar refractivity (Wildman–Crippen MR) is 108 cm³/mol. The van der Waals surface area contributed by atoms with Crippen molar-refractivity contribution in [3.8, 4) is 11.5 Å². The van der Waals surface area contributed by atoms with Crippen LogP contribution in [0.1, 0.15) is 36.1 Å². The van der Waals surface area contributed by atoms with Crippen molar-refractivity contribution in [3.63, 3.8) is 0 Å². The number of aryl methyl sites for hydroxylation is 2. The molecule has 0 spiro atoms. The minimum atomic E-state index is -0.543. The fourth-order valence-electron chi connectivity index (χ4n) is 3.54. The Morgan fingerprint density at radius 2 is 1.75 bits per heavy atom. The SMILES string of the molecule is Cc1cc2occ(CC(=O)NC(C)(C)c3ccc4c(c3)OCCO4)c2cc1C. The van der Waals surface area contributed by atoms with Gasteiger partial charge >= 0.3 is 0 Å². The van der Waals surface area contributed by atoms with Crippen LogP contribution in [0.25, 0.3) is 11.0 Å². The maximum absolute atomic E-state index is 12.8. The van der Waals surface area contributed by atoms with E-state index in [1.807, 2.05) is 38.1 Å². The highest BCUT2D eigenvalue weighted by Crippen LogP contribution is 2.34. The Bertz CT molecular complexity index is 1050. The van der Waals surface area contributed by atoms with Crippen LogP contribution in [0.5, 0.6) is 11.5 Å². The third-order valence-electron chi connectivity index (χ3n) is 5.34. The molecule has 1 amide bonds. The van der Waals surface area contributed by atoms with Crippen LogP contribution in [-0.4, -0.2) is 19.1 Å². The van der Waals surface area contributed by atoms with Crippen molar-refractivity contribution in [2.75, 3.05) is 13.2 Å². The van der Waals surface area contributed by atoms with E-state index in [2.05, 4.69) is 25.2 Å². The van der Waals surface area contributed by atoms with Crippen LogP contribution in [0, 0.1) is 13.8 Å². The normalized spacial score (nSPS) is 13.6. The van der Waals surface area contributed by atoms with E-state index in [-0.39, 0.29) is 12.3 Å². The molecule has 4 rings (SSSR count). The van der Waals surface area contributed by atoms with Crippen LogP contribution in [-0.2, 0) is 16.8 Å². The van der Waals surface area contributed by atoms with Gasteiger partial charge in [-0.1, -0.05) is 6.07 Å². The van der Waals surface area contributed by atoms with Crippen molar-refractivity contribution < 1.29 is 18.7 Å². The highest BCUT2D eigenvalue weighted by atomic mass is 16.6. The summed E-state index contributed by atoms with van der Waals surface area (Å²) in [5, 5.41) is 4.13. The van der Waals surface area contributed by atoms with Gasteiger partial charge in [0.1, 0.15) is 18.8 Å². The van der Waals surface area contributed by atoms with Crippen LogP contribution in [0.3, 0.4) is 0 Å². The predicted octanol–water partition coefficient (Wildman–Crippen LogP) is 4.41. The summed E-state index contributed by atoms with van der Waals surface area (Å²) >= 11 is 0. The van der Waals surface area contributed by atoms with Gasteiger partial charge in [-0.25, -0.2) is 0 Å².